The number of benzene rings is 1. The van der Waals surface area contributed by atoms with Crippen LogP contribution in [0.25, 0.3) is 0 Å². The fourth-order valence-electron chi connectivity index (χ4n) is 2.42. The van der Waals surface area contributed by atoms with Crippen LogP contribution in [0.4, 0.5) is 17.1 Å². The molecule has 1 fully saturated rings. The van der Waals surface area contributed by atoms with Crippen molar-refractivity contribution in [2.24, 2.45) is 0 Å². The number of nitrogen functional groups attached to an aromatic ring is 1. The molecule has 0 aliphatic carbocycles. The number of carbonyl (C=O) groups excluding carboxylic acids is 1. The molecule has 2 aromatic rings. The van der Waals surface area contributed by atoms with E-state index < -0.39 is 0 Å². The molecule has 3 rings (SSSR count). The summed E-state index contributed by atoms with van der Waals surface area (Å²) in [5, 5.41) is 2.90. The Labute approximate surface area is 128 Å². The molecule has 0 unspecified atom stereocenters. The Bertz CT molecular complexity index is 654. The average molecular weight is 298 g/mol. The molecule has 1 aliphatic heterocycles. The van der Waals surface area contributed by atoms with E-state index in [1.165, 1.54) is 0 Å². The molecule has 1 aromatic carbocycles. The van der Waals surface area contributed by atoms with Crippen LogP contribution in [0, 0.1) is 0 Å². The summed E-state index contributed by atoms with van der Waals surface area (Å²) in [7, 11) is 0. The first-order chi connectivity index (χ1) is 10.7. The van der Waals surface area contributed by atoms with Gasteiger partial charge in [0, 0.05) is 25.0 Å². The van der Waals surface area contributed by atoms with Crippen molar-refractivity contribution in [3.63, 3.8) is 0 Å². The fourth-order valence-corrected chi connectivity index (χ4v) is 2.42. The van der Waals surface area contributed by atoms with Crippen LogP contribution in [-0.2, 0) is 4.74 Å². The van der Waals surface area contributed by atoms with Crippen molar-refractivity contribution in [3.8, 4) is 0 Å². The summed E-state index contributed by atoms with van der Waals surface area (Å²) in [5.74, 6) is -0.249. The topological polar surface area (TPSA) is 80.5 Å². The van der Waals surface area contributed by atoms with Crippen LogP contribution in [0.15, 0.2) is 42.6 Å². The molecule has 6 nitrogen and oxygen atoms in total. The zero-order valence-electron chi connectivity index (χ0n) is 12.2. The number of aromatic nitrogens is 1. The number of amides is 1. The Morgan fingerprint density at radius 2 is 2.05 bits per heavy atom. The lowest BCUT2D eigenvalue weighted by molar-refractivity contribution is 0.102. The largest absolute Gasteiger partial charge is 0.399 e. The van der Waals surface area contributed by atoms with Gasteiger partial charge in [0.15, 0.2) is 0 Å². The molecule has 0 saturated carbocycles. The van der Waals surface area contributed by atoms with Gasteiger partial charge in [0.2, 0.25) is 0 Å². The van der Waals surface area contributed by atoms with Crippen molar-refractivity contribution in [3.05, 3.63) is 48.3 Å². The molecular weight excluding hydrogens is 280 g/mol. The van der Waals surface area contributed by atoms with Crippen molar-refractivity contribution in [2.75, 3.05) is 42.3 Å². The number of ether oxygens (including phenoxy) is 1. The molecule has 22 heavy (non-hydrogen) atoms. The van der Waals surface area contributed by atoms with Crippen LogP contribution < -0.4 is 16.0 Å². The van der Waals surface area contributed by atoms with Gasteiger partial charge in [-0.05, 0) is 30.3 Å². The van der Waals surface area contributed by atoms with E-state index in [1.807, 2.05) is 12.1 Å². The Hall–Kier alpha value is -2.60. The third kappa shape index (κ3) is 3.17. The third-order valence-electron chi connectivity index (χ3n) is 3.52. The summed E-state index contributed by atoms with van der Waals surface area (Å²) in [4.78, 5) is 18.5. The maximum absolute atomic E-state index is 12.3. The van der Waals surface area contributed by atoms with E-state index in [9.17, 15) is 4.79 Å². The number of anilines is 3. The lowest BCUT2D eigenvalue weighted by Gasteiger charge is -2.30. The minimum absolute atomic E-state index is 0.249. The molecule has 0 bridgehead atoms. The van der Waals surface area contributed by atoms with E-state index >= 15 is 0 Å². The zero-order chi connectivity index (χ0) is 15.4. The Morgan fingerprint density at radius 1 is 1.23 bits per heavy atom. The standard InChI is InChI=1S/C16H18N4O2/c17-12-4-5-15(20-7-9-22-10-8-20)14(11-12)19-16(21)13-3-1-2-6-18-13/h1-6,11H,7-10,17H2,(H,19,21). The first-order valence-electron chi connectivity index (χ1n) is 7.18. The first kappa shape index (κ1) is 14.3. The van der Waals surface area contributed by atoms with Crippen LogP contribution in [0.5, 0.6) is 0 Å². The second-order valence-corrected chi connectivity index (χ2v) is 5.05. The molecule has 1 aliphatic rings. The Balaban J connectivity index is 1.85. The normalized spacial score (nSPS) is 14.6. The molecule has 114 valence electrons. The Morgan fingerprint density at radius 3 is 2.77 bits per heavy atom. The third-order valence-corrected chi connectivity index (χ3v) is 3.52. The maximum Gasteiger partial charge on any atom is 0.274 e. The number of rotatable bonds is 3. The molecule has 0 radical (unpaired) electrons. The van der Waals surface area contributed by atoms with E-state index in [0.29, 0.717) is 30.3 Å². The molecular formula is C16H18N4O2. The number of nitrogens with zero attached hydrogens (tertiary/aromatic N) is 2. The van der Waals surface area contributed by atoms with E-state index in [-0.39, 0.29) is 5.91 Å². The van der Waals surface area contributed by atoms with E-state index in [2.05, 4.69) is 15.2 Å². The van der Waals surface area contributed by atoms with Gasteiger partial charge in [0.1, 0.15) is 5.69 Å². The van der Waals surface area contributed by atoms with Crippen molar-refractivity contribution in [1.29, 1.82) is 0 Å². The highest BCUT2D eigenvalue weighted by molar-refractivity contribution is 6.05. The predicted molar refractivity (Wildman–Crippen MR) is 86.1 cm³/mol. The summed E-state index contributed by atoms with van der Waals surface area (Å²) < 4.78 is 5.37. The lowest BCUT2D eigenvalue weighted by atomic mass is 10.2. The number of nitrogens with one attached hydrogen (secondary N) is 1. The molecule has 2 heterocycles. The minimum atomic E-state index is -0.249. The number of nitrogens with two attached hydrogens (primary N) is 1. The number of hydrogen-bond donors (Lipinski definition) is 2. The minimum Gasteiger partial charge on any atom is -0.399 e. The quantitative estimate of drug-likeness (QED) is 0.844. The van der Waals surface area contributed by atoms with Gasteiger partial charge >= 0.3 is 0 Å². The molecule has 0 spiro atoms. The molecule has 6 heteroatoms. The highest BCUT2D eigenvalue weighted by Crippen LogP contribution is 2.29. The van der Waals surface area contributed by atoms with Gasteiger partial charge in [-0.3, -0.25) is 9.78 Å². The zero-order valence-corrected chi connectivity index (χ0v) is 12.2. The fraction of sp³-hybridized carbons (Fsp3) is 0.250. The van der Waals surface area contributed by atoms with Gasteiger partial charge < -0.3 is 20.7 Å². The lowest BCUT2D eigenvalue weighted by Crippen LogP contribution is -2.36. The first-order valence-corrected chi connectivity index (χ1v) is 7.18. The van der Waals surface area contributed by atoms with Gasteiger partial charge in [-0.15, -0.1) is 0 Å². The van der Waals surface area contributed by atoms with E-state index in [4.69, 9.17) is 10.5 Å². The second kappa shape index (κ2) is 6.44. The maximum atomic E-state index is 12.3. The van der Waals surface area contributed by atoms with Gasteiger partial charge in [-0.25, -0.2) is 0 Å². The number of carbonyl (C=O) groups is 1. The Kier molecular flexibility index (Phi) is 4.20. The highest BCUT2D eigenvalue weighted by Gasteiger charge is 2.17. The van der Waals surface area contributed by atoms with Crippen molar-refractivity contribution in [2.45, 2.75) is 0 Å². The second-order valence-electron chi connectivity index (χ2n) is 5.05. The van der Waals surface area contributed by atoms with Gasteiger partial charge in [0.05, 0.1) is 24.6 Å². The van der Waals surface area contributed by atoms with Gasteiger partial charge in [-0.1, -0.05) is 6.07 Å². The van der Waals surface area contributed by atoms with E-state index in [0.717, 1.165) is 18.8 Å². The van der Waals surface area contributed by atoms with Crippen molar-refractivity contribution in [1.82, 2.24) is 4.98 Å². The monoisotopic (exact) mass is 298 g/mol. The van der Waals surface area contributed by atoms with Gasteiger partial charge in [0.25, 0.3) is 5.91 Å². The molecule has 1 saturated heterocycles. The van der Waals surface area contributed by atoms with Crippen molar-refractivity contribution >= 4 is 23.0 Å². The molecule has 3 N–H and O–H groups in total. The van der Waals surface area contributed by atoms with Crippen LogP contribution in [-0.4, -0.2) is 37.2 Å². The summed E-state index contributed by atoms with van der Waals surface area (Å²) in [6, 6.07) is 10.8. The van der Waals surface area contributed by atoms with E-state index in [1.54, 1.807) is 30.5 Å². The molecule has 1 amide bonds. The summed E-state index contributed by atoms with van der Waals surface area (Å²) in [6.45, 7) is 2.93. The van der Waals surface area contributed by atoms with Crippen LogP contribution in [0.3, 0.4) is 0 Å². The van der Waals surface area contributed by atoms with Crippen molar-refractivity contribution < 1.29 is 9.53 Å². The number of morpholine rings is 1. The van der Waals surface area contributed by atoms with Crippen LogP contribution >= 0.6 is 0 Å². The highest BCUT2D eigenvalue weighted by atomic mass is 16.5. The summed E-state index contributed by atoms with van der Waals surface area (Å²) in [5.41, 5.74) is 8.48. The average Bonchev–Trinajstić information content (AvgIpc) is 2.56. The summed E-state index contributed by atoms with van der Waals surface area (Å²) in [6.07, 6.45) is 1.59. The number of pyridine rings is 1. The van der Waals surface area contributed by atoms with Crippen LogP contribution in [0.1, 0.15) is 10.5 Å². The van der Waals surface area contributed by atoms with Crippen LogP contribution in [0.2, 0.25) is 0 Å². The molecule has 1 aromatic heterocycles. The summed E-state index contributed by atoms with van der Waals surface area (Å²) >= 11 is 0. The number of hydrogen-bond acceptors (Lipinski definition) is 5. The predicted octanol–water partition coefficient (Wildman–Crippen LogP) is 1.75. The molecule has 0 atom stereocenters. The smallest absolute Gasteiger partial charge is 0.274 e. The SMILES string of the molecule is Nc1ccc(N2CCOCC2)c(NC(=O)c2ccccn2)c1. The van der Waals surface area contributed by atoms with Gasteiger partial charge in [-0.2, -0.15) is 0 Å².